The van der Waals surface area contributed by atoms with E-state index in [1.165, 1.54) is 11.8 Å². The van der Waals surface area contributed by atoms with Gasteiger partial charge in [-0.05, 0) is 13.3 Å². The normalized spacial score (nSPS) is 19.1. The standard InChI is InChI=1S/C13H25F3N4.HI/c1-4-5-6-18-12(17-3)20-9-7-19(8-10-20)11(2)13(14,15)16;/h11H,4-10H2,1-3H3,(H,17,18);1H. The molecule has 1 unspecified atom stereocenters. The third-order valence-corrected chi connectivity index (χ3v) is 3.66. The third kappa shape index (κ3) is 6.58. The summed E-state index contributed by atoms with van der Waals surface area (Å²) in [5, 5.41) is 3.25. The highest BCUT2D eigenvalue weighted by Gasteiger charge is 2.40. The Balaban J connectivity index is 0.00000400. The fourth-order valence-corrected chi connectivity index (χ4v) is 2.24. The lowest BCUT2D eigenvalue weighted by molar-refractivity contribution is -0.181. The van der Waals surface area contributed by atoms with Crippen molar-refractivity contribution in [2.75, 3.05) is 39.8 Å². The highest BCUT2D eigenvalue weighted by Crippen LogP contribution is 2.25. The molecule has 1 aliphatic heterocycles. The topological polar surface area (TPSA) is 30.9 Å². The number of hydrogen-bond acceptors (Lipinski definition) is 2. The van der Waals surface area contributed by atoms with Gasteiger partial charge in [-0.2, -0.15) is 13.2 Å². The maximum Gasteiger partial charge on any atom is 0.403 e. The van der Waals surface area contributed by atoms with Gasteiger partial charge >= 0.3 is 6.18 Å². The minimum atomic E-state index is -4.15. The molecule has 21 heavy (non-hydrogen) atoms. The molecule has 0 aliphatic carbocycles. The molecule has 1 rings (SSSR count). The van der Waals surface area contributed by atoms with Gasteiger partial charge in [0.1, 0.15) is 6.04 Å². The number of guanidine groups is 1. The van der Waals surface area contributed by atoms with Crippen molar-refractivity contribution in [2.24, 2.45) is 4.99 Å². The lowest BCUT2D eigenvalue weighted by Crippen LogP contribution is -2.56. The molecule has 0 radical (unpaired) electrons. The van der Waals surface area contributed by atoms with Gasteiger partial charge in [-0.15, -0.1) is 24.0 Å². The minimum absolute atomic E-state index is 0. The molecule has 1 heterocycles. The van der Waals surface area contributed by atoms with Gasteiger partial charge in [-0.25, -0.2) is 0 Å². The number of alkyl halides is 3. The summed E-state index contributed by atoms with van der Waals surface area (Å²) < 4.78 is 38.0. The summed E-state index contributed by atoms with van der Waals surface area (Å²) in [6.45, 7) is 6.16. The van der Waals surface area contributed by atoms with E-state index in [1.807, 2.05) is 4.90 Å². The van der Waals surface area contributed by atoms with Crippen molar-refractivity contribution in [1.29, 1.82) is 0 Å². The summed E-state index contributed by atoms with van der Waals surface area (Å²) in [4.78, 5) is 7.70. The Bertz CT molecular complexity index is 315. The van der Waals surface area contributed by atoms with E-state index in [1.54, 1.807) is 7.05 Å². The Morgan fingerprint density at radius 3 is 2.24 bits per heavy atom. The van der Waals surface area contributed by atoms with Crippen LogP contribution in [0.1, 0.15) is 26.7 Å². The minimum Gasteiger partial charge on any atom is -0.356 e. The highest BCUT2D eigenvalue weighted by atomic mass is 127. The molecule has 0 aromatic heterocycles. The zero-order valence-electron chi connectivity index (χ0n) is 12.9. The Kier molecular flexibility index (Phi) is 9.59. The molecule has 0 spiro atoms. The van der Waals surface area contributed by atoms with Crippen molar-refractivity contribution in [3.63, 3.8) is 0 Å². The van der Waals surface area contributed by atoms with Crippen molar-refractivity contribution in [3.8, 4) is 0 Å². The summed E-state index contributed by atoms with van der Waals surface area (Å²) in [6.07, 6.45) is -1.99. The molecule has 1 aliphatic rings. The van der Waals surface area contributed by atoms with Crippen LogP contribution in [-0.2, 0) is 0 Å². The van der Waals surface area contributed by atoms with Crippen LogP contribution in [0.2, 0.25) is 0 Å². The Labute approximate surface area is 142 Å². The van der Waals surface area contributed by atoms with Gasteiger partial charge in [-0.3, -0.25) is 9.89 Å². The maximum absolute atomic E-state index is 12.7. The van der Waals surface area contributed by atoms with E-state index in [4.69, 9.17) is 0 Å². The molecule has 1 atom stereocenters. The van der Waals surface area contributed by atoms with Crippen LogP contribution in [0.3, 0.4) is 0 Å². The smallest absolute Gasteiger partial charge is 0.356 e. The van der Waals surface area contributed by atoms with E-state index in [-0.39, 0.29) is 24.0 Å². The molecule has 0 bridgehead atoms. The monoisotopic (exact) mass is 422 g/mol. The average molecular weight is 422 g/mol. The number of halogens is 4. The molecule has 1 fully saturated rings. The van der Waals surface area contributed by atoms with Crippen molar-refractivity contribution in [1.82, 2.24) is 15.1 Å². The number of rotatable bonds is 4. The van der Waals surface area contributed by atoms with E-state index >= 15 is 0 Å². The first-order valence-corrected chi connectivity index (χ1v) is 7.16. The summed E-state index contributed by atoms with van der Waals surface area (Å²) in [6, 6.07) is -1.38. The summed E-state index contributed by atoms with van der Waals surface area (Å²) in [7, 11) is 1.71. The largest absolute Gasteiger partial charge is 0.403 e. The fourth-order valence-electron chi connectivity index (χ4n) is 2.24. The van der Waals surface area contributed by atoms with Gasteiger partial charge in [-0.1, -0.05) is 13.3 Å². The molecule has 0 amide bonds. The summed E-state index contributed by atoms with van der Waals surface area (Å²) >= 11 is 0. The van der Waals surface area contributed by atoms with Gasteiger partial charge in [0, 0.05) is 39.8 Å². The molecule has 4 nitrogen and oxygen atoms in total. The Hall–Kier alpha value is -0.250. The molecule has 0 aromatic rings. The van der Waals surface area contributed by atoms with Crippen LogP contribution in [-0.4, -0.2) is 67.7 Å². The maximum atomic E-state index is 12.7. The average Bonchev–Trinajstić information content (AvgIpc) is 2.42. The first kappa shape index (κ1) is 20.8. The van der Waals surface area contributed by atoms with Gasteiger partial charge in [0.15, 0.2) is 5.96 Å². The predicted octanol–water partition coefficient (Wildman–Crippen LogP) is 2.55. The lowest BCUT2D eigenvalue weighted by Gasteiger charge is -2.39. The first-order chi connectivity index (χ1) is 9.40. The zero-order chi connectivity index (χ0) is 15.2. The quantitative estimate of drug-likeness (QED) is 0.327. The van der Waals surface area contributed by atoms with E-state index in [9.17, 15) is 13.2 Å². The molecule has 0 aromatic carbocycles. The second kappa shape index (κ2) is 9.70. The predicted molar refractivity (Wildman–Crippen MR) is 90.3 cm³/mol. The Morgan fingerprint density at radius 1 is 1.24 bits per heavy atom. The second-order valence-electron chi connectivity index (χ2n) is 5.07. The van der Waals surface area contributed by atoms with Gasteiger partial charge in [0.2, 0.25) is 0 Å². The molecular formula is C13H26F3IN4. The fraction of sp³-hybridized carbons (Fsp3) is 0.923. The van der Waals surface area contributed by atoms with Crippen molar-refractivity contribution < 1.29 is 13.2 Å². The van der Waals surface area contributed by atoms with Crippen LogP contribution in [0.5, 0.6) is 0 Å². The number of hydrogen-bond donors (Lipinski definition) is 1. The van der Waals surface area contributed by atoms with Crippen molar-refractivity contribution in [2.45, 2.75) is 38.9 Å². The third-order valence-electron chi connectivity index (χ3n) is 3.66. The highest BCUT2D eigenvalue weighted by molar-refractivity contribution is 14.0. The molecule has 0 saturated carbocycles. The number of nitrogens with zero attached hydrogens (tertiary/aromatic N) is 3. The van der Waals surface area contributed by atoms with Crippen molar-refractivity contribution >= 4 is 29.9 Å². The zero-order valence-corrected chi connectivity index (χ0v) is 15.2. The SMILES string of the molecule is CCCCNC(=NC)N1CCN(C(C)C(F)(F)F)CC1.I. The van der Waals surface area contributed by atoms with Crippen LogP contribution in [0.25, 0.3) is 0 Å². The number of piperazine rings is 1. The van der Waals surface area contributed by atoms with Crippen LogP contribution >= 0.6 is 24.0 Å². The lowest BCUT2D eigenvalue weighted by atomic mass is 10.2. The van der Waals surface area contributed by atoms with Crippen LogP contribution in [0.15, 0.2) is 4.99 Å². The van der Waals surface area contributed by atoms with Gasteiger partial charge in [0.05, 0.1) is 0 Å². The molecule has 126 valence electrons. The number of unbranched alkanes of at least 4 members (excludes halogenated alkanes) is 1. The number of nitrogens with one attached hydrogen (secondary N) is 1. The van der Waals surface area contributed by atoms with E-state index in [2.05, 4.69) is 17.2 Å². The molecule has 1 saturated heterocycles. The summed E-state index contributed by atoms with van der Waals surface area (Å²) in [5.41, 5.74) is 0. The van der Waals surface area contributed by atoms with Gasteiger partial charge in [0.25, 0.3) is 0 Å². The Morgan fingerprint density at radius 2 is 1.81 bits per heavy atom. The van der Waals surface area contributed by atoms with E-state index in [0.29, 0.717) is 26.2 Å². The second-order valence-corrected chi connectivity index (χ2v) is 5.07. The summed E-state index contributed by atoms with van der Waals surface area (Å²) in [5.74, 6) is 0.790. The molecule has 1 N–H and O–H groups in total. The van der Waals surface area contributed by atoms with Crippen LogP contribution in [0.4, 0.5) is 13.2 Å². The van der Waals surface area contributed by atoms with Crippen LogP contribution in [0, 0.1) is 0 Å². The number of aliphatic imine (C=N–C) groups is 1. The van der Waals surface area contributed by atoms with Crippen LogP contribution < -0.4 is 5.32 Å². The first-order valence-electron chi connectivity index (χ1n) is 7.16. The molecular weight excluding hydrogens is 396 g/mol. The van der Waals surface area contributed by atoms with Gasteiger partial charge < -0.3 is 10.2 Å². The molecule has 8 heteroatoms. The van der Waals surface area contributed by atoms with E-state index < -0.39 is 12.2 Å². The van der Waals surface area contributed by atoms with Crippen molar-refractivity contribution in [3.05, 3.63) is 0 Å². The van der Waals surface area contributed by atoms with E-state index in [0.717, 1.165) is 25.3 Å².